The molecule has 0 radical (unpaired) electrons. The summed E-state index contributed by atoms with van der Waals surface area (Å²) in [6, 6.07) is 2.98. The van der Waals surface area contributed by atoms with Gasteiger partial charge in [0, 0.05) is 6.92 Å². The third-order valence-electron chi connectivity index (χ3n) is 2.09. The Kier molecular flexibility index (Phi) is 2.59. The van der Waals surface area contributed by atoms with Crippen molar-refractivity contribution < 1.29 is 9.18 Å². The molecular weight excluding hydrogens is 279 g/mol. The van der Waals surface area contributed by atoms with Crippen LogP contribution >= 0.6 is 15.9 Å². The molecule has 0 bridgehead atoms. The number of nitrogens with one attached hydrogen (secondary N) is 1. The Hall–Kier alpha value is -1.56. The Morgan fingerprint density at radius 1 is 1.50 bits per heavy atom. The fourth-order valence-corrected chi connectivity index (χ4v) is 1.67. The summed E-state index contributed by atoms with van der Waals surface area (Å²) in [4.78, 5) is 28.6. The maximum absolute atomic E-state index is 13.6. The van der Waals surface area contributed by atoms with Crippen LogP contribution in [0.1, 0.15) is 17.4 Å². The molecule has 16 heavy (non-hydrogen) atoms. The number of aromatic amines is 1. The number of hydrogen-bond donors (Lipinski definition) is 1. The van der Waals surface area contributed by atoms with Gasteiger partial charge in [0.25, 0.3) is 5.56 Å². The lowest BCUT2D eigenvalue weighted by atomic mass is 10.2. The second-order valence-electron chi connectivity index (χ2n) is 3.23. The third kappa shape index (κ3) is 1.65. The molecule has 0 saturated heterocycles. The van der Waals surface area contributed by atoms with Crippen molar-refractivity contribution in [3.8, 4) is 0 Å². The van der Waals surface area contributed by atoms with Gasteiger partial charge < -0.3 is 4.98 Å². The van der Waals surface area contributed by atoms with Crippen LogP contribution in [0.2, 0.25) is 0 Å². The van der Waals surface area contributed by atoms with Gasteiger partial charge in [-0.1, -0.05) is 0 Å². The number of ketones is 1. The minimum absolute atomic E-state index is 0.00984. The lowest BCUT2D eigenvalue weighted by Crippen LogP contribution is -2.18. The Balaban J connectivity index is 2.89. The molecule has 0 atom stereocenters. The molecule has 2 aromatic rings. The van der Waals surface area contributed by atoms with E-state index in [9.17, 15) is 14.0 Å². The Morgan fingerprint density at radius 3 is 2.81 bits per heavy atom. The summed E-state index contributed by atoms with van der Waals surface area (Å²) in [6.07, 6.45) is 0. The van der Waals surface area contributed by atoms with E-state index in [1.807, 2.05) is 0 Å². The number of benzene rings is 1. The monoisotopic (exact) mass is 284 g/mol. The van der Waals surface area contributed by atoms with Gasteiger partial charge in [0.15, 0.2) is 17.3 Å². The molecular formula is C10H6BrFN2O2. The van der Waals surface area contributed by atoms with Crippen molar-refractivity contribution in [3.63, 3.8) is 0 Å². The molecule has 1 N–H and O–H groups in total. The molecule has 1 heterocycles. The van der Waals surface area contributed by atoms with Crippen LogP contribution in [0.15, 0.2) is 21.4 Å². The van der Waals surface area contributed by atoms with Gasteiger partial charge in [-0.25, -0.2) is 9.37 Å². The molecule has 0 saturated carbocycles. The van der Waals surface area contributed by atoms with E-state index in [0.29, 0.717) is 0 Å². The lowest BCUT2D eigenvalue weighted by molar-refractivity contribution is 0.101. The van der Waals surface area contributed by atoms with E-state index in [2.05, 4.69) is 25.9 Å². The minimum atomic E-state index is -0.683. The topological polar surface area (TPSA) is 62.8 Å². The summed E-state index contributed by atoms with van der Waals surface area (Å²) in [5, 5.41) is 0. The number of hydrogen-bond acceptors (Lipinski definition) is 3. The number of carbonyl (C=O) groups is 1. The van der Waals surface area contributed by atoms with Crippen LogP contribution in [0.4, 0.5) is 4.39 Å². The number of fused-ring (bicyclic) bond motifs is 1. The van der Waals surface area contributed by atoms with Gasteiger partial charge in [0.2, 0.25) is 0 Å². The molecule has 0 aliphatic rings. The van der Waals surface area contributed by atoms with Gasteiger partial charge in [0.1, 0.15) is 5.52 Å². The van der Waals surface area contributed by atoms with Crippen LogP contribution in [-0.4, -0.2) is 15.8 Å². The molecule has 4 nitrogen and oxygen atoms in total. The maximum atomic E-state index is 13.6. The van der Waals surface area contributed by atoms with Crippen LogP contribution < -0.4 is 5.56 Å². The Labute approximate surface area is 97.6 Å². The van der Waals surface area contributed by atoms with Gasteiger partial charge in [-0.3, -0.25) is 9.59 Å². The quantitative estimate of drug-likeness (QED) is 0.815. The SMILES string of the molecule is CC(=O)c1nc2ccc(Br)c(F)c2[nH]c1=O. The van der Waals surface area contributed by atoms with E-state index >= 15 is 0 Å². The summed E-state index contributed by atoms with van der Waals surface area (Å²) in [5.74, 6) is -1.05. The molecule has 0 aliphatic carbocycles. The second-order valence-corrected chi connectivity index (χ2v) is 4.08. The van der Waals surface area contributed by atoms with Gasteiger partial charge in [0.05, 0.1) is 9.99 Å². The average molecular weight is 285 g/mol. The van der Waals surface area contributed by atoms with Crippen LogP contribution in [0.25, 0.3) is 11.0 Å². The van der Waals surface area contributed by atoms with Crippen molar-refractivity contribution in [1.82, 2.24) is 9.97 Å². The van der Waals surface area contributed by atoms with Crippen molar-refractivity contribution >= 4 is 32.7 Å². The molecule has 1 aromatic heterocycles. The summed E-state index contributed by atoms with van der Waals surface area (Å²) in [5.41, 5.74) is -0.666. The summed E-state index contributed by atoms with van der Waals surface area (Å²) < 4.78 is 13.8. The highest BCUT2D eigenvalue weighted by atomic mass is 79.9. The number of aromatic nitrogens is 2. The predicted octanol–water partition coefficient (Wildman–Crippen LogP) is 2.03. The molecule has 2 rings (SSSR count). The Bertz CT molecular complexity index is 651. The second kappa shape index (κ2) is 3.79. The van der Waals surface area contributed by atoms with Crippen LogP contribution in [-0.2, 0) is 0 Å². The minimum Gasteiger partial charge on any atom is -0.316 e. The molecule has 1 aromatic carbocycles. The van der Waals surface area contributed by atoms with E-state index < -0.39 is 17.2 Å². The van der Waals surface area contributed by atoms with E-state index in [0.717, 1.165) is 0 Å². The van der Waals surface area contributed by atoms with Gasteiger partial charge in [-0.05, 0) is 28.1 Å². The molecule has 0 amide bonds. The van der Waals surface area contributed by atoms with Crippen LogP contribution in [0.3, 0.4) is 0 Å². The standard InChI is InChI=1S/C10H6BrFN2O2/c1-4(15)8-10(16)14-9-6(13-8)3-2-5(11)7(9)12/h2-3H,1H3,(H,14,16). The number of Topliss-reactive ketones (excluding diaryl/α,β-unsaturated/α-hetero) is 1. The molecule has 82 valence electrons. The Morgan fingerprint density at radius 2 is 2.19 bits per heavy atom. The zero-order valence-corrected chi connectivity index (χ0v) is 9.76. The van der Waals surface area contributed by atoms with Crippen molar-refractivity contribution in [2.45, 2.75) is 6.92 Å². The zero-order valence-electron chi connectivity index (χ0n) is 8.17. The first kappa shape index (κ1) is 10.9. The molecule has 0 unspecified atom stereocenters. The van der Waals surface area contributed by atoms with Gasteiger partial charge in [-0.15, -0.1) is 0 Å². The normalized spacial score (nSPS) is 10.7. The largest absolute Gasteiger partial charge is 0.316 e. The number of halogens is 2. The number of H-pyrrole nitrogens is 1. The number of rotatable bonds is 1. The van der Waals surface area contributed by atoms with E-state index in [-0.39, 0.29) is 21.2 Å². The van der Waals surface area contributed by atoms with Crippen molar-refractivity contribution in [2.24, 2.45) is 0 Å². The number of nitrogens with zero attached hydrogens (tertiary/aromatic N) is 1. The van der Waals surface area contributed by atoms with Gasteiger partial charge in [-0.2, -0.15) is 0 Å². The molecule has 6 heteroatoms. The lowest BCUT2D eigenvalue weighted by Gasteiger charge is -2.02. The summed E-state index contributed by atoms with van der Waals surface area (Å²) >= 11 is 3.00. The first-order valence-corrected chi connectivity index (χ1v) is 5.19. The fraction of sp³-hybridized carbons (Fsp3) is 0.100. The van der Waals surface area contributed by atoms with E-state index in [1.54, 1.807) is 0 Å². The van der Waals surface area contributed by atoms with Crippen molar-refractivity contribution in [3.05, 3.63) is 38.5 Å². The highest BCUT2D eigenvalue weighted by molar-refractivity contribution is 9.10. The molecule has 0 fully saturated rings. The van der Waals surface area contributed by atoms with Gasteiger partial charge >= 0.3 is 0 Å². The average Bonchev–Trinajstić information content (AvgIpc) is 2.23. The third-order valence-corrected chi connectivity index (χ3v) is 2.70. The highest BCUT2D eigenvalue weighted by Gasteiger charge is 2.12. The first-order chi connectivity index (χ1) is 7.50. The van der Waals surface area contributed by atoms with E-state index in [4.69, 9.17) is 0 Å². The summed E-state index contributed by atoms with van der Waals surface area (Å²) in [6.45, 7) is 1.23. The van der Waals surface area contributed by atoms with E-state index in [1.165, 1.54) is 19.1 Å². The molecule has 0 aliphatic heterocycles. The zero-order chi connectivity index (χ0) is 11.9. The highest BCUT2D eigenvalue weighted by Crippen LogP contribution is 2.21. The molecule has 0 spiro atoms. The summed E-state index contributed by atoms with van der Waals surface area (Å²) in [7, 11) is 0. The maximum Gasteiger partial charge on any atom is 0.278 e. The van der Waals surface area contributed by atoms with Crippen LogP contribution in [0, 0.1) is 5.82 Å². The fourth-order valence-electron chi connectivity index (χ4n) is 1.34. The van der Waals surface area contributed by atoms with Crippen molar-refractivity contribution in [1.29, 1.82) is 0 Å². The van der Waals surface area contributed by atoms with Crippen molar-refractivity contribution in [2.75, 3.05) is 0 Å². The smallest absolute Gasteiger partial charge is 0.278 e. The first-order valence-electron chi connectivity index (χ1n) is 4.39. The predicted molar refractivity (Wildman–Crippen MR) is 60.0 cm³/mol. The van der Waals surface area contributed by atoms with Crippen LogP contribution in [0.5, 0.6) is 0 Å². The number of carbonyl (C=O) groups excluding carboxylic acids is 1.